The summed E-state index contributed by atoms with van der Waals surface area (Å²) in [6.45, 7) is 2.02. The van der Waals surface area contributed by atoms with E-state index in [0.717, 1.165) is 15.6 Å². The second-order valence-corrected chi connectivity index (χ2v) is 7.85. The van der Waals surface area contributed by atoms with Crippen LogP contribution in [0.15, 0.2) is 81.9 Å². The molecule has 0 N–H and O–H groups in total. The number of rotatable bonds is 6. The highest BCUT2D eigenvalue weighted by atomic mass is 79.9. The molecule has 8 heteroatoms. The third kappa shape index (κ3) is 4.60. The van der Waals surface area contributed by atoms with E-state index in [-0.39, 0.29) is 17.3 Å². The number of ether oxygens (including phenoxy) is 2. The molecule has 0 amide bonds. The minimum Gasteiger partial charge on any atom is -0.489 e. The van der Waals surface area contributed by atoms with Crippen LogP contribution >= 0.6 is 15.9 Å². The lowest BCUT2D eigenvalue weighted by Crippen LogP contribution is -2.08. The number of carbonyl (C=O) groups excluding carboxylic acids is 1. The minimum atomic E-state index is -0.611. The van der Waals surface area contributed by atoms with Crippen molar-refractivity contribution in [1.29, 1.82) is 0 Å². The lowest BCUT2D eigenvalue weighted by atomic mass is 10.1. The summed E-state index contributed by atoms with van der Waals surface area (Å²) in [4.78, 5) is 27.2. The third-order valence-electron chi connectivity index (χ3n) is 4.89. The fourth-order valence-corrected chi connectivity index (χ4v) is 3.57. The topological polar surface area (TPSA) is 91.0 Å². The number of hydrogen-bond acceptors (Lipinski definition) is 6. The van der Waals surface area contributed by atoms with Crippen LogP contribution in [-0.4, -0.2) is 16.8 Å². The van der Waals surface area contributed by atoms with E-state index >= 15 is 0 Å². The molecule has 0 fully saturated rings. The van der Waals surface area contributed by atoms with E-state index in [9.17, 15) is 14.9 Å². The van der Waals surface area contributed by atoms with Gasteiger partial charge in [-0.05, 0) is 42.8 Å². The molecule has 4 rings (SSSR count). The molecule has 1 aliphatic rings. The smallest absolute Gasteiger partial charge is 0.363 e. The molecule has 0 atom stereocenters. The van der Waals surface area contributed by atoms with E-state index in [0.29, 0.717) is 23.5 Å². The van der Waals surface area contributed by atoms with Crippen LogP contribution < -0.4 is 4.74 Å². The quantitative estimate of drug-likeness (QED) is 0.193. The summed E-state index contributed by atoms with van der Waals surface area (Å²) in [7, 11) is 0. The molecule has 1 aliphatic heterocycles. The van der Waals surface area contributed by atoms with E-state index in [4.69, 9.17) is 9.47 Å². The molecule has 3 aromatic rings. The zero-order valence-corrected chi connectivity index (χ0v) is 18.5. The monoisotopic (exact) mass is 492 g/mol. The molecule has 32 heavy (non-hydrogen) atoms. The summed E-state index contributed by atoms with van der Waals surface area (Å²) < 4.78 is 12.1. The number of benzene rings is 3. The Morgan fingerprint density at radius 3 is 2.56 bits per heavy atom. The second kappa shape index (κ2) is 9.15. The van der Waals surface area contributed by atoms with Gasteiger partial charge in [0.05, 0.1) is 4.92 Å². The molecule has 3 aromatic carbocycles. The zero-order chi connectivity index (χ0) is 22.7. The SMILES string of the molecule is Cc1c(C2=N/C(=C\c3ccc(OCc4ccccc4Br)cc3)C(=O)O2)cccc1[N+](=O)[O-]. The Morgan fingerprint density at radius 1 is 1.09 bits per heavy atom. The predicted octanol–water partition coefficient (Wildman–Crippen LogP) is 5.59. The Labute approximate surface area is 192 Å². The Balaban J connectivity index is 1.51. The van der Waals surface area contributed by atoms with Crippen molar-refractivity contribution in [2.24, 2.45) is 4.99 Å². The first-order chi connectivity index (χ1) is 15.4. The van der Waals surface area contributed by atoms with Crippen LogP contribution in [0.4, 0.5) is 5.69 Å². The number of nitro benzene ring substituents is 1. The van der Waals surface area contributed by atoms with Crippen molar-refractivity contribution in [2.45, 2.75) is 13.5 Å². The van der Waals surface area contributed by atoms with Gasteiger partial charge in [0.25, 0.3) is 5.69 Å². The first kappa shape index (κ1) is 21.5. The van der Waals surface area contributed by atoms with Crippen molar-refractivity contribution in [3.8, 4) is 5.75 Å². The lowest BCUT2D eigenvalue weighted by Gasteiger charge is -2.08. The molecule has 1 heterocycles. The number of nitro groups is 1. The molecule has 0 saturated carbocycles. The van der Waals surface area contributed by atoms with Crippen molar-refractivity contribution in [2.75, 3.05) is 0 Å². The third-order valence-corrected chi connectivity index (χ3v) is 5.66. The molecule has 0 unspecified atom stereocenters. The number of carbonyl (C=O) groups is 1. The van der Waals surface area contributed by atoms with Crippen molar-refractivity contribution in [3.05, 3.63) is 109 Å². The van der Waals surface area contributed by atoms with Gasteiger partial charge in [-0.25, -0.2) is 9.79 Å². The molecule has 0 saturated heterocycles. The van der Waals surface area contributed by atoms with E-state index in [2.05, 4.69) is 20.9 Å². The maximum absolute atomic E-state index is 12.3. The highest BCUT2D eigenvalue weighted by Crippen LogP contribution is 2.26. The lowest BCUT2D eigenvalue weighted by molar-refractivity contribution is -0.385. The van der Waals surface area contributed by atoms with Crippen molar-refractivity contribution in [3.63, 3.8) is 0 Å². The predicted molar refractivity (Wildman–Crippen MR) is 123 cm³/mol. The van der Waals surface area contributed by atoms with E-state index in [1.807, 2.05) is 36.4 Å². The van der Waals surface area contributed by atoms with Gasteiger partial charge >= 0.3 is 5.97 Å². The number of halogens is 1. The number of hydrogen-bond donors (Lipinski definition) is 0. The normalized spacial score (nSPS) is 14.2. The molecular weight excluding hydrogens is 476 g/mol. The summed E-state index contributed by atoms with van der Waals surface area (Å²) >= 11 is 3.50. The van der Waals surface area contributed by atoms with E-state index < -0.39 is 10.9 Å². The Morgan fingerprint density at radius 2 is 1.84 bits per heavy atom. The van der Waals surface area contributed by atoms with Gasteiger partial charge in [-0.3, -0.25) is 10.1 Å². The van der Waals surface area contributed by atoms with Crippen LogP contribution in [0.1, 0.15) is 22.3 Å². The van der Waals surface area contributed by atoms with Gasteiger partial charge in [0.1, 0.15) is 12.4 Å². The van der Waals surface area contributed by atoms with Gasteiger partial charge in [-0.2, -0.15) is 0 Å². The number of cyclic esters (lactones) is 1. The van der Waals surface area contributed by atoms with Crippen LogP contribution in [0, 0.1) is 17.0 Å². The average Bonchev–Trinajstić information content (AvgIpc) is 3.14. The molecule has 0 aliphatic carbocycles. The van der Waals surface area contributed by atoms with E-state index in [1.165, 1.54) is 12.1 Å². The molecule has 0 bridgehead atoms. The second-order valence-electron chi connectivity index (χ2n) is 6.99. The first-order valence-corrected chi connectivity index (χ1v) is 10.4. The van der Waals surface area contributed by atoms with Crippen molar-refractivity contribution < 1.29 is 19.2 Å². The Kier molecular flexibility index (Phi) is 6.13. The Hall–Kier alpha value is -3.78. The minimum absolute atomic E-state index is 0.0517. The van der Waals surface area contributed by atoms with Gasteiger partial charge in [-0.15, -0.1) is 0 Å². The standard InChI is InChI=1S/C24H17BrN2O5/c1-15-19(6-4-8-22(15)27(29)30)23-26-21(24(28)32-23)13-16-9-11-18(12-10-16)31-14-17-5-2-3-7-20(17)25/h2-13H,14H2,1H3/b21-13-. The Bertz CT molecular complexity index is 1270. The van der Waals surface area contributed by atoms with Crippen LogP contribution in [0.2, 0.25) is 0 Å². The number of aliphatic imine (C=N–C) groups is 1. The summed E-state index contributed by atoms with van der Waals surface area (Å²) in [5.41, 5.74) is 2.63. The fourth-order valence-electron chi connectivity index (χ4n) is 3.17. The zero-order valence-electron chi connectivity index (χ0n) is 16.9. The largest absolute Gasteiger partial charge is 0.489 e. The van der Waals surface area contributed by atoms with Crippen LogP contribution in [0.3, 0.4) is 0 Å². The maximum atomic E-state index is 12.3. The maximum Gasteiger partial charge on any atom is 0.363 e. The van der Waals surface area contributed by atoms with Crippen molar-refractivity contribution >= 4 is 39.6 Å². The number of esters is 1. The molecule has 0 spiro atoms. The van der Waals surface area contributed by atoms with Crippen molar-refractivity contribution in [1.82, 2.24) is 0 Å². The summed E-state index contributed by atoms with van der Waals surface area (Å²) in [6.07, 6.45) is 1.60. The average molecular weight is 493 g/mol. The first-order valence-electron chi connectivity index (χ1n) is 9.65. The van der Waals surface area contributed by atoms with Gasteiger partial charge in [0.15, 0.2) is 5.70 Å². The van der Waals surface area contributed by atoms with Crippen LogP contribution in [0.5, 0.6) is 5.75 Å². The molecule has 0 radical (unpaired) electrons. The summed E-state index contributed by atoms with van der Waals surface area (Å²) in [5, 5.41) is 11.2. The van der Waals surface area contributed by atoms with Gasteiger partial charge in [-0.1, -0.05) is 52.3 Å². The highest BCUT2D eigenvalue weighted by molar-refractivity contribution is 9.10. The molecule has 0 aromatic heterocycles. The fraction of sp³-hybridized carbons (Fsp3) is 0.0833. The molecule has 7 nitrogen and oxygen atoms in total. The van der Waals surface area contributed by atoms with Gasteiger partial charge in [0.2, 0.25) is 5.90 Å². The summed E-state index contributed by atoms with van der Waals surface area (Å²) in [6, 6.07) is 19.6. The van der Waals surface area contributed by atoms with Crippen LogP contribution in [-0.2, 0) is 16.1 Å². The van der Waals surface area contributed by atoms with Gasteiger partial charge < -0.3 is 9.47 Å². The molecule has 160 valence electrons. The molecular formula is C24H17BrN2O5. The van der Waals surface area contributed by atoms with Gasteiger partial charge in [0, 0.05) is 27.2 Å². The summed E-state index contributed by atoms with van der Waals surface area (Å²) in [5.74, 6) is 0.129. The van der Waals surface area contributed by atoms with Crippen LogP contribution in [0.25, 0.3) is 6.08 Å². The number of nitrogens with zero attached hydrogens (tertiary/aromatic N) is 2. The highest BCUT2D eigenvalue weighted by Gasteiger charge is 2.27. The van der Waals surface area contributed by atoms with E-state index in [1.54, 1.807) is 31.2 Å².